The van der Waals surface area contributed by atoms with Gasteiger partial charge in [-0.15, -0.1) is 0 Å². The maximum Gasteiger partial charge on any atom is 0.314 e. The lowest BCUT2D eigenvalue weighted by Crippen LogP contribution is -2.30. The monoisotopic (exact) mass is 789 g/mol. The predicted molar refractivity (Wildman–Crippen MR) is 237 cm³/mol. The average Bonchev–Trinajstić information content (AvgIpc) is 3.21. The minimum Gasteiger partial charge on any atom is -0.494 e. The van der Waals surface area contributed by atoms with Gasteiger partial charge in [0.2, 0.25) is 0 Å². The van der Waals surface area contributed by atoms with Gasteiger partial charge in [0.15, 0.2) is 0 Å². The molecule has 6 nitrogen and oxygen atoms in total. The number of unbranched alkanes of at least 4 members (excludes halogenated alkanes) is 10. The summed E-state index contributed by atoms with van der Waals surface area (Å²) in [6.07, 6.45) is 17.3. The molecule has 4 aromatic carbocycles. The summed E-state index contributed by atoms with van der Waals surface area (Å²) in [6.45, 7) is 14.3. The van der Waals surface area contributed by atoms with Gasteiger partial charge in [-0.1, -0.05) is 102 Å². The molecule has 1 saturated carbocycles. The summed E-state index contributed by atoms with van der Waals surface area (Å²) in [5.74, 6) is 1.95. The van der Waals surface area contributed by atoms with Gasteiger partial charge in [-0.25, -0.2) is 0 Å². The topological polar surface area (TPSA) is 71.1 Å². The van der Waals surface area contributed by atoms with Crippen molar-refractivity contribution in [3.8, 4) is 45.3 Å². The van der Waals surface area contributed by atoms with E-state index in [1.807, 2.05) is 62.4 Å². The lowest BCUT2D eigenvalue weighted by molar-refractivity contribution is -0.145. The van der Waals surface area contributed by atoms with E-state index in [0.29, 0.717) is 37.2 Å². The molecule has 1 aliphatic rings. The van der Waals surface area contributed by atoms with Crippen LogP contribution in [0.1, 0.15) is 139 Å². The van der Waals surface area contributed by atoms with Crippen LogP contribution >= 0.6 is 0 Å². The number of carbonyl (C=O) groups excluding carboxylic acids is 2. The lowest BCUT2D eigenvalue weighted by atomic mass is 9.82. The van der Waals surface area contributed by atoms with Crippen LogP contribution in [-0.4, -0.2) is 25.2 Å². The van der Waals surface area contributed by atoms with Gasteiger partial charge in [-0.3, -0.25) is 9.59 Å². The minimum absolute atomic E-state index is 0.235. The van der Waals surface area contributed by atoms with Gasteiger partial charge in [-0.2, -0.15) is 0 Å². The van der Waals surface area contributed by atoms with Crippen LogP contribution in [-0.2, 0) is 9.59 Å². The Hall–Kier alpha value is -4.58. The van der Waals surface area contributed by atoms with Crippen molar-refractivity contribution in [1.29, 1.82) is 0 Å². The highest BCUT2D eigenvalue weighted by atomic mass is 16.5. The van der Waals surface area contributed by atoms with E-state index < -0.39 is 0 Å². The molecule has 312 valence electrons. The molecule has 0 heterocycles. The second-order valence-electron chi connectivity index (χ2n) is 16.5. The first-order valence-corrected chi connectivity index (χ1v) is 22.3. The van der Waals surface area contributed by atoms with Gasteiger partial charge in [0.1, 0.15) is 23.0 Å². The van der Waals surface area contributed by atoms with Crippen LogP contribution in [0.25, 0.3) is 22.3 Å². The molecule has 0 atom stereocenters. The summed E-state index contributed by atoms with van der Waals surface area (Å²) >= 11 is 0. The highest BCUT2D eigenvalue weighted by Crippen LogP contribution is 2.36. The molecule has 0 bridgehead atoms. The standard InChI is InChI=1S/C52H68O6/c1-7-9-11-13-15-17-31-55-43-23-27-47(37(3)33-43)49-29-25-45(35-39(49)5)57-51(53)41-19-21-42(22-20-41)52(54)58-46-26-30-50(40(6)36-46)48-28-24-44(34-38(48)4)56-32-18-16-14-12-10-8-2/h23-30,33-36,41-42H,7-22,31-32H2,1-6H3. The van der Waals surface area contributed by atoms with Gasteiger partial charge in [0.25, 0.3) is 0 Å². The molecule has 58 heavy (non-hydrogen) atoms. The molecule has 0 N–H and O–H groups in total. The maximum absolute atomic E-state index is 13.2. The van der Waals surface area contributed by atoms with E-state index in [2.05, 4.69) is 52.0 Å². The van der Waals surface area contributed by atoms with E-state index >= 15 is 0 Å². The van der Waals surface area contributed by atoms with E-state index in [4.69, 9.17) is 18.9 Å². The Bertz CT molecular complexity index is 1780. The third-order valence-corrected chi connectivity index (χ3v) is 11.7. The first kappa shape index (κ1) is 44.5. The van der Waals surface area contributed by atoms with Crippen molar-refractivity contribution in [3.05, 3.63) is 95.1 Å². The van der Waals surface area contributed by atoms with Crippen LogP contribution in [0.5, 0.6) is 23.0 Å². The molecule has 0 aliphatic heterocycles. The first-order valence-electron chi connectivity index (χ1n) is 22.3. The van der Waals surface area contributed by atoms with Gasteiger partial charge >= 0.3 is 11.9 Å². The summed E-state index contributed by atoms with van der Waals surface area (Å²) in [5.41, 5.74) is 8.88. The molecular formula is C52H68O6. The molecule has 0 spiro atoms. The van der Waals surface area contributed by atoms with Crippen molar-refractivity contribution in [2.75, 3.05) is 13.2 Å². The first-order chi connectivity index (χ1) is 28.2. The van der Waals surface area contributed by atoms with Gasteiger partial charge in [-0.05, 0) is 159 Å². The maximum atomic E-state index is 13.2. The zero-order valence-electron chi connectivity index (χ0n) is 36.3. The number of carbonyl (C=O) groups is 2. The fraction of sp³-hybridized carbons (Fsp3) is 0.500. The molecule has 0 amide bonds. The van der Waals surface area contributed by atoms with E-state index in [1.165, 1.54) is 64.2 Å². The molecule has 5 rings (SSSR count). The van der Waals surface area contributed by atoms with Crippen molar-refractivity contribution in [3.63, 3.8) is 0 Å². The summed E-state index contributed by atoms with van der Waals surface area (Å²) < 4.78 is 23.8. The normalized spacial score (nSPS) is 15.2. The predicted octanol–water partition coefficient (Wildman–Crippen LogP) is 14.1. The van der Waals surface area contributed by atoms with E-state index in [0.717, 1.165) is 82.1 Å². The number of ether oxygens (including phenoxy) is 4. The summed E-state index contributed by atoms with van der Waals surface area (Å²) in [5, 5.41) is 0. The van der Waals surface area contributed by atoms with Crippen LogP contribution in [0, 0.1) is 39.5 Å². The van der Waals surface area contributed by atoms with Crippen LogP contribution in [0.3, 0.4) is 0 Å². The van der Waals surface area contributed by atoms with Gasteiger partial charge in [0, 0.05) is 0 Å². The van der Waals surface area contributed by atoms with E-state index in [-0.39, 0.29) is 23.8 Å². The zero-order chi connectivity index (χ0) is 41.3. The Kier molecular flexibility index (Phi) is 17.8. The molecule has 0 unspecified atom stereocenters. The molecule has 1 aliphatic carbocycles. The second-order valence-corrected chi connectivity index (χ2v) is 16.5. The summed E-state index contributed by atoms with van der Waals surface area (Å²) in [6, 6.07) is 24.2. The third kappa shape index (κ3) is 13.2. The Morgan fingerprint density at radius 2 is 0.724 bits per heavy atom. The van der Waals surface area contributed by atoms with Crippen LogP contribution in [0.2, 0.25) is 0 Å². The molecule has 0 aromatic heterocycles. The van der Waals surface area contributed by atoms with Gasteiger partial charge < -0.3 is 18.9 Å². The zero-order valence-corrected chi connectivity index (χ0v) is 36.3. The quantitative estimate of drug-likeness (QED) is 0.0449. The smallest absolute Gasteiger partial charge is 0.314 e. The van der Waals surface area contributed by atoms with Crippen molar-refractivity contribution < 1.29 is 28.5 Å². The van der Waals surface area contributed by atoms with E-state index in [9.17, 15) is 9.59 Å². The van der Waals surface area contributed by atoms with E-state index in [1.54, 1.807) is 0 Å². The Balaban J connectivity index is 1.06. The number of aryl methyl sites for hydroxylation is 4. The Morgan fingerprint density at radius 1 is 0.431 bits per heavy atom. The second kappa shape index (κ2) is 23.1. The largest absolute Gasteiger partial charge is 0.494 e. The molecule has 0 radical (unpaired) electrons. The van der Waals surface area contributed by atoms with Crippen molar-refractivity contribution in [1.82, 2.24) is 0 Å². The molecule has 6 heteroatoms. The molecule has 0 saturated heterocycles. The Labute approximate surface area is 349 Å². The third-order valence-electron chi connectivity index (χ3n) is 11.7. The summed E-state index contributed by atoms with van der Waals surface area (Å²) in [4.78, 5) is 26.5. The number of rotatable bonds is 22. The lowest BCUT2D eigenvalue weighted by Gasteiger charge is -2.26. The summed E-state index contributed by atoms with van der Waals surface area (Å²) in [7, 11) is 0. The van der Waals surface area contributed by atoms with Gasteiger partial charge in [0.05, 0.1) is 25.0 Å². The number of benzene rings is 4. The molecule has 1 fully saturated rings. The van der Waals surface area contributed by atoms with Crippen molar-refractivity contribution >= 4 is 11.9 Å². The molecule has 4 aromatic rings. The van der Waals surface area contributed by atoms with Crippen molar-refractivity contribution in [2.24, 2.45) is 11.8 Å². The minimum atomic E-state index is -0.243. The Morgan fingerprint density at radius 3 is 1.05 bits per heavy atom. The van der Waals surface area contributed by atoms with Crippen LogP contribution < -0.4 is 18.9 Å². The highest BCUT2D eigenvalue weighted by molar-refractivity contribution is 5.79. The fourth-order valence-electron chi connectivity index (χ4n) is 8.17. The van der Waals surface area contributed by atoms with Crippen LogP contribution in [0.4, 0.5) is 0 Å². The highest BCUT2D eigenvalue weighted by Gasteiger charge is 2.32. The average molecular weight is 789 g/mol. The SMILES string of the molecule is CCCCCCCCOc1ccc(-c2ccc(OC(=O)C3CCC(C(=O)Oc4ccc(-c5ccc(OCCCCCCCC)cc5C)c(C)c4)CC3)cc2C)c(C)c1. The van der Waals surface area contributed by atoms with Crippen molar-refractivity contribution in [2.45, 2.75) is 144 Å². The number of esters is 2. The fourth-order valence-corrected chi connectivity index (χ4v) is 8.17. The number of hydrogen-bond acceptors (Lipinski definition) is 6. The molecular weight excluding hydrogens is 721 g/mol. The van der Waals surface area contributed by atoms with Crippen LogP contribution in [0.15, 0.2) is 72.8 Å². The number of hydrogen-bond donors (Lipinski definition) is 0.